The van der Waals surface area contributed by atoms with E-state index in [1.54, 1.807) is 0 Å². The Hall–Kier alpha value is -2.99. The number of carbonyl (C=O) groups is 2. The van der Waals surface area contributed by atoms with Crippen LogP contribution in [-0.2, 0) is 15.2 Å². The molecule has 2 amide bonds. The molecule has 0 fully saturated rings. The SMILES string of the molecule is Cc1cc(C2=NOC(c3cc(Cl)cc(Cl)c3)(C(F)(F)F)C2)ccc1C(=O)NCC(=O)NC(F)C(F)F. The second-order valence-corrected chi connectivity index (χ2v) is 8.68. The monoisotopic (exact) mass is 555 g/mol. The van der Waals surface area contributed by atoms with E-state index >= 15 is 0 Å². The fourth-order valence-electron chi connectivity index (χ4n) is 3.47. The summed E-state index contributed by atoms with van der Waals surface area (Å²) in [6, 6.07) is 7.44. The molecule has 36 heavy (non-hydrogen) atoms. The van der Waals surface area contributed by atoms with Gasteiger partial charge in [0.25, 0.3) is 17.9 Å². The summed E-state index contributed by atoms with van der Waals surface area (Å²) >= 11 is 11.8. The van der Waals surface area contributed by atoms with Crippen molar-refractivity contribution in [3.05, 3.63) is 68.7 Å². The van der Waals surface area contributed by atoms with Crippen LogP contribution in [0.25, 0.3) is 0 Å². The summed E-state index contributed by atoms with van der Waals surface area (Å²) in [6.07, 6.45) is -11.9. The van der Waals surface area contributed by atoms with Crippen LogP contribution in [0.15, 0.2) is 41.6 Å². The minimum Gasteiger partial charge on any atom is -0.374 e. The number of benzene rings is 2. The number of oxime groups is 1. The molecule has 0 aliphatic carbocycles. The van der Waals surface area contributed by atoms with E-state index in [-0.39, 0.29) is 32.4 Å². The molecule has 2 aromatic rings. The maximum absolute atomic E-state index is 14.1. The van der Waals surface area contributed by atoms with Crippen LogP contribution >= 0.6 is 23.2 Å². The molecule has 0 spiro atoms. The first-order valence-corrected chi connectivity index (χ1v) is 10.9. The van der Waals surface area contributed by atoms with Gasteiger partial charge in [-0.05, 0) is 48.4 Å². The van der Waals surface area contributed by atoms with Crippen LogP contribution in [-0.4, -0.2) is 43.0 Å². The Morgan fingerprint density at radius 3 is 2.31 bits per heavy atom. The topological polar surface area (TPSA) is 79.8 Å². The highest BCUT2D eigenvalue weighted by atomic mass is 35.5. The van der Waals surface area contributed by atoms with Gasteiger partial charge >= 0.3 is 6.18 Å². The summed E-state index contributed by atoms with van der Waals surface area (Å²) in [5.41, 5.74) is -2.64. The van der Waals surface area contributed by atoms with Crippen molar-refractivity contribution in [1.29, 1.82) is 0 Å². The van der Waals surface area contributed by atoms with E-state index in [0.717, 1.165) is 12.1 Å². The average Bonchev–Trinajstić information content (AvgIpc) is 3.24. The van der Waals surface area contributed by atoms with Gasteiger partial charge < -0.3 is 15.5 Å². The molecule has 0 aromatic heterocycles. The highest BCUT2D eigenvalue weighted by molar-refractivity contribution is 6.34. The Balaban J connectivity index is 1.76. The molecular formula is C22H17Cl2F6N3O3. The lowest BCUT2D eigenvalue weighted by Gasteiger charge is -2.29. The molecule has 2 atom stereocenters. The third-order valence-corrected chi connectivity index (χ3v) is 5.69. The number of alkyl halides is 6. The summed E-state index contributed by atoms with van der Waals surface area (Å²) < 4.78 is 79.6. The Morgan fingerprint density at radius 2 is 1.75 bits per heavy atom. The fraction of sp³-hybridized carbons (Fsp3) is 0.318. The van der Waals surface area contributed by atoms with E-state index < -0.39 is 49.3 Å². The van der Waals surface area contributed by atoms with Crippen molar-refractivity contribution in [3.63, 3.8) is 0 Å². The molecule has 1 aliphatic rings. The van der Waals surface area contributed by atoms with Gasteiger partial charge in [-0.3, -0.25) is 9.59 Å². The number of halogens is 8. The zero-order valence-electron chi connectivity index (χ0n) is 18.2. The first-order chi connectivity index (χ1) is 16.7. The number of hydrogen-bond donors (Lipinski definition) is 2. The predicted molar refractivity (Wildman–Crippen MR) is 119 cm³/mol. The van der Waals surface area contributed by atoms with Gasteiger partial charge in [0.05, 0.1) is 12.3 Å². The van der Waals surface area contributed by atoms with Crippen LogP contribution in [0.3, 0.4) is 0 Å². The number of nitrogens with zero attached hydrogens (tertiary/aromatic N) is 1. The first-order valence-electron chi connectivity index (χ1n) is 10.1. The van der Waals surface area contributed by atoms with E-state index in [2.05, 4.69) is 10.5 Å². The largest absolute Gasteiger partial charge is 0.435 e. The van der Waals surface area contributed by atoms with Crippen molar-refractivity contribution in [1.82, 2.24) is 10.6 Å². The number of nitrogens with one attached hydrogen (secondary N) is 2. The summed E-state index contributed by atoms with van der Waals surface area (Å²) in [7, 11) is 0. The van der Waals surface area contributed by atoms with Gasteiger partial charge in [0.1, 0.15) is 0 Å². The van der Waals surface area contributed by atoms with Crippen molar-refractivity contribution in [2.24, 2.45) is 5.16 Å². The van der Waals surface area contributed by atoms with Crippen molar-refractivity contribution >= 4 is 40.7 Å². The predicted octanol–water partition coefficient (Wildman–Crippen LogP) is 5.29. The number of aryl methyl sites for hydroxylation is 1. The standard InChI is InChI=1S/C22H17Cl2F6N3O3/c1-10-4-11(2-3-15(10)20(35)31-9-17(34)32-19(27)18(25)26)16-8-21(36-33-16,22(28,29)30)12-5-13(23)7-14(24)6-12/h2-7,18-19H,8-9H2,1H3,(H,31,35)(H,32,34). The van der Waals surface area contributed by atoms with Gasteiger partial charge in [-0.15, -0.1) is 0 Å². The Labute approximate surface area is 210 Å². The molecule has 194 valence electrons. The minimum atomic E-state index is -4.88. The average molecular weight is 556 g/mol. The molecule has 2 aromatic carbocycles. The molecule has 2 unspecified atom stereocenters. The number of carbonyl (C=O) groups excluding carboxylic acids is 2. The van der Waals surface area contributed by atoms with Gasteiger partial charge in [0.2, 0.25) is 12.2 Å². The molecule has 6 nitrogen and oxygen atoms in total. The maximum Gasteiger partial charge on any atom is 0.435 e. The normalized spacial score (nSPS) is 18.4. The fourth-order valence-corrected chi connectivity index (χ4v) is 3.99. The quantitative estimate of drug-likeness (QED) is 0.360. The van der Waals surface area contributed by atoms with Crippen molar-refractivity contribution in [3.8, 4) is 0 Å². The maximum atomic E-state index is 14.1. The molecule has 3 rings (SSSR count). The smallest absolute Gasteiger partial charge is 0.374 e. The van der Waals surface area contributed by atoms with Crippen LogP contribution in [0.4, 0.5) is 26.3 Å². The number of rotatable bonds is 7. The molecule has 1 heterocycles. The molecule has 0 saturated heterocycles. The highest BCUT2D eigenvalue weighted by Crippen LogP contribution is 2.49. The number of amides is 2. The Morgan fingerprint density at radius 1 is 1.11 bits per heavy atom. The van der Waals surface area contributed by atoms with E-state index in [1.165, 1.54) is 36.5 Å². The molecule has 0 saturated carbocycles. The van der Waals surface area contributed by atoms with E-state index in [4.69, 9.17) is 28.0 Å². The summed E-state index contributed by atoms with van der Waals surface area (Å²) in [6.45, 7) is 0.709. The van der Waals surface area contributed by atoms with Gasteiger partial charge in [-0.1, -0.05) is 34.4 Å². The lowest BCUT2D eigenvalue weighted by Crippen LogP contribution is -2.43. The zero-order valence-corrected chi connectivity index (χ0v) is 19.7. The number of hydrogen-bond acceptors (Lipinski definition) is 4. The molecular weight excluding hydrogens is 539 g/mol. The zero-order chi connectivity index (χ0) is 26.8. The summed E-state index contributed by atoms with van der Waals surface area (Å²) in [5.74, 6) is -1.96. The molecule has 1 aliphatic heterocycles. The minimum absolute atomic E-state index is 0.0192. The van der Waals surface area contributed by atoms with Crippen molar-refractivity contribution in [2.45, 2.75) is 37.8 Å². The van der Waals surface area contributed by atoms with Gasteiger partial charge in [-0.25, -0.2) is 13.2 Å². The summed E-state index contributed by atoms with van der Waals surface area (Å²) in [4.78, 5) is 28.8. The third kappa shape index (κ3) is 5.86. The van der Waals surface area contributed by atoms with E-state index in [0.29, 0.717) is 5.56 Å². The second-order valence-electron chi connectivity index (χ2n) is 7.81. The third-order valence-electron chi connectivity index (χ3n) is 5.25. The lowest BCUT2D eigenvalue weighted by molar-refractivity contribution is -0.275. The van der Waals surface area contributed by atoms with Crippen LogP contribution in [0.1, 0.15) is 33.5 Å². The molecule has 14 heteroatoms. The van der Waals surface area contributed by atoms with Crippen LogP contribution < -0.4 is 10.6 Å². The van der Waals surface area contributed by atoms with E-state index in [9.17, 15) is 35.9 Å². The summed E-state index contributed by atoms with van der Waals surface area (Å²) in [5, 5.41) is 7.13. The second kappa shape index (κ2) is 10.6. The van der Waals surface area contributed by atoms with Crippen LogP contribution in [0, 0.1) is 6.92 Å². The van der Waals surface area contributed by atoms with Crippen molar-refractivity contribution in [2.75, 3.05) is 6.54 Å². The van der Waals surface area contributed by atoms with E-state index in [1.807, 2.05) is 0 Å². The Kier molecular flexibility index (Phi) is 8.09. The Bertz CT molecular complexity index is 1190. The first kappa shape index (κ1) is 27.6. The van der Waals surface area contributed by atoms with Gasteiger partial charge in [0.15, 0.2) is 0 Å². The van der Waals surface area contributed by atoms with Crippen molar-refractivity contribution < 1.29 is 40.8 Å². The molecule has 0 radical (unpaired) electrons. The van der Waals surface area contributed by atoms with Gasteiger partial charge in [-0.2, -0.15) is 13.2 Å². The van der Waals surface area contributed by atoms with Crippen LogP contribution in [0.5, 0.6) is 0 Å². The lowest BCUT2D eigenvalue weighted by atomic mass is 9.86. The molecule has 0 bridgehead atoms. The highest BCUT2D eigenvalue weighted by Gasteiger charge is 2.62. The van der Waals surface area contributed by atoms with Crippen LogP contribution in [0.2, 0.25) is 10.0 Å². The van der Waals surface area contributed by atoms with Gasteiger partial charge in [0, 0.05) is 27.6 Å². The molecule has 2 N–H and O–H groups in total.